The van der Waals surface area contributed by atoms with E-state index in [0.29, 0.717) is 0 Å². The Morgan fingerprint density at radius 3 is 1.36 bits per heavy atom. The summed E-state index contributed by atoms with van der Waals surface area (Å²) < 4.78 is 8.93. The topological polar surface area (TPSA) is 52.6 Å². The maximum Gasteiger partial charge on any atom is 0.339 e. The van der Waals surface area contributed by atoms with Crippen molar-refractivity contribution >= 4 is 58.3 Å². The van der Waals surface area contributed by atoms with Crippen LogP contribution in [0, 0.1) is 0 Å². The van der Waals surface area contributed by atoms with Crippen molar-refractivity contribution in [3.63, 3.8) is 0 Å². The van der Waals surface area contributed by atoms with Crippen LogP contribution in [0.3, 0.4) is 0 Å². The Morgan fingerprint density at radius 2 is 1.14 bits per heavy atom. The van der Waals surface area contributed by atoms with Gasteiger partial charge in [0, 0.05) is 0 Å². The molecule has 0 saturated heterocycles. The molecule has 0 bridgehead atoms. The third-order valence-electron chi connectivity index (χ3n) is 0.928. The van der Waals surface area contributed by atoms with Crippen molar-refractivity contribution in [2.45, 2.75) is 9.67 Å². The standard InChI is InChI=1S/C6H6Cl4O4/c7-3(8)5(11)13-1-2-14-6(12)4(9)10/h3-4H,1-2H2. The summed E-state index contributed by atoms with van der Waals surface area (Å²) in [7, 11) is 0. The summed E-state index contributed by atoms with van der Waals surface area (Å²) in [6.07, 6.45) is 0. The molecule has 4 nitrogen and oxygen atoms in total. The minimum Gasteiger partial charge on any atom is -0.460 e. The summed E-state index contributed by atoms with van der Waals surface area (Å²) in [5.41, 5.74) is 0. The number of ether oxygens (including phenoxy) is 2. The van der Waals surface area contributed by atoms with E-state index in [9.17, 15) is 9.59 Å². The van der Waals surface area contributed by atoms with E-state index in [2.05, 4.69) is 9.47 Å². The smallest absolute Gasteiger partial charge is 0.339 e. The average Bonchev–Trinajstić information content (AvgIpc) is 2.11. The van der Waals surface area contributed by atoms with Crippen molar-refractivity contribution < 1.29 is 19.1 Å². The number of hydrogen-bond acceptors (Lipinski definition) is 4. The van der Waals surface area contributed by atoms with E-state index < -0.39 is 21.6 Å². The molecular weight excluding hydrogens is 278 g/mol. The molecule has 0 unspecified atom stereocenters. The lowest BCUT2D eigenvalue weighted by Gasteiger charge is -2.06. The quantitative estimate of drug-likeness (QED) is 0.438. The van der Waals surface area contributed by atoms with Gasteiger partial charge in [0.2, 0.25) is 9.67 Å². The molecule has 82 valence electrons. The Kier molecular flexibility index (Phi) is 7.45. The van der Waals surface area contributed by atoms with Gasteiger partial charge in [-0.25, -0.2) is 9.59 Å². The SMILES string of the molecule is O=C(OCCOC(=O)C(Cl)Cl)C(Cl)Cl. The molecule has 0 aliphatic carbocycles. The third kappa shape index (κ3) is 6.54. The molecule has 0 amide bonds. The van der Waals surface area contributed by atoms with Crippen LogP contribution in [-0.4, -0.2) is 34.8 Å². The number of carbonyl (C=O) groups is 2. The number of esters is 2. The van der Waals surface area contributed by atoms with E-state index in [1.807, 2.05) is 0 Å². The van der Waals surface area contributed by atoms with E-state index in [-0.39, 0.29) is 13.2 Å². The fourth-order valence-corrected chi connectivity index (χ4v) is 0.662. The zero-order valence-corrected chi connectivity index (χ0v) is 9.74. The Labute approximate surface area is 100 Å². The van der Waals surface area contributed by atoms with Crippen LogP contribution < -0.4 is 0 Å². The van der Waals surface area contributed by atoms with Gasteiger partial charge in [0.1, 0.15) is 13.2 Å². The third-order valence-corrected chi connectivity index (χ3v) is 1.64. The van der Waals surface area contributed by atoms with Crippen molar-refractivity contribution in [1.82, 2.24) is 0 Å². The van der Waals surface area contributed by atoms with Crippen LogP contribution in [0.25, 0.3) is 0 Å². The fourth-order valence-electron chi connectivity index (χ4n) is 0.411. The lowest BCUT2D eigenvalue weighted by atomic mass is 10.7. The normalized spacial score (nSPS) is 10.4. The molecule has 8 heteroatoms. The highest BCUT2D eigenvalue weighted by Crippen LogP contribution is 2.05. The highest BCUT2D eigenvalue weighted by molar-refractivity contribution is 6.53. The van der Waals surface area contributed by atoms with Crippen LogP contribution in [0.4, 0.5) is 0 Å². The summed E-state index contributed by atoms with van der Waals surface area (Å²) in [6, 6.07) is 0. The summed E-state index contributed by atoms with van der Waals surface area (Å²) in [5.74, 6) is -1.62. The molecule has 0 N–H and O–H groups in total. The second-order valence-corrected chi connectivity index (χ2v) is 4.13. The lowest BCUT2D eigenvalue weighted by molar-refractivity contribution is -0.150. The van der Waals surface area contributed by atoms with Gasteiger partial charge < -0.3 is 9.47 Å². The predicted molar refractivity (Wildman–Crippen MR) is 52.9 cm³/mol. The average molecular weight is 284 g/mol. The Balaban J connectivity index is 3.48. The first-order chi connectivity index (χ1) is 6.45. The van der Waals surface area contributed by atoms with Gasteiger partial charge in [-0.3, -0.25) is 0 Å². The molecule has 0 radical (unpaired) electrons. The van der Waals surface area contributed by atoms with Gasteiger partial charge in [-0.2, -0.15) is 0 Å². The van der Waals surface area contributed by atoms with Crippen molar-refractivity contribution in [2.24, 2.45) is 0 Å². The molecule has 0 heterocycles. The van der Waals surface area contributed by atoms with Crippen LogP contribution in [-0.2, 0) is 19.1 Å². The van der Waals surface area contributed by atoms with E-state index in [1.54, 1.807) is 0 Å². The summed E-state index contributed by atoms with van der Waals surface area (Å²) in [5, 5.41) is 0. The minimum absolute atomic E-state index is 0.152. The molecular formula is C6H6Cl4O4. The Morgan fingerprint density at radius 1 is 0.857 bits per heavy atom. The number of halogens is 4. The summed E-state index contributed by atoms with van der Waals surface area (Å²) in [4.78, 5) is 18.8. The number of hydrogen-bond donors (Lipinski definition) is 0. The van der Waals surface area contributed by atoms with Crippen LogP contribution >= 0.6 is 46.4 Å². The number of rotatable bonds is 5. The van der Waals surface area contributed by atoms with Crippen molar-refractivity contribution in [3.05, 3.63) is 0 Å². The van der Waals surface area contributed by atoms with Crippen molar-refractivity contribution in [3.8, 4) is 0 Å². The second-order valence-electron chi connectivity index (χ2n) is 1.94. The number of carbonyl (C=O) groups excluding carboxylic acids is 2. The Hall–Kier alpha value is 0.1000. The molecule has 0 spiro atoms. The molecule has 0 rings (SSSR count). The molecule has 0 aromatic heterocycles. The van der Waals surface area contributed by atoms with Gasteiger partial charge in [-0.1, -0.05) is 46.4 Å². The lowest BCUT2D eigenvalue weighted by Crippen LogP contribution is -2.19. The molecule has 0 aromatic rings. The van der Waals surface area contributed by atoms with Gasteiger partial charge in [-0.15, -0.1) is 0 Å². The Bertz CT molecular complexity index is 184. The number of alkyl halides is 4. The van der Waals surface area contributed by atoms with E-state index in [0.717, 1.165) is 0 Å². The minimum atomic E-state index is -1.25. The molecule has 0 aliphatic heterocycles. The molecule has 0 saturated carbocycles. The van der Waals surface area contributed by atoms with E-state index in [4.69, 9.17) is 46.4 Å². The zero-order valence-electron chi connectivity index (χ0n) is 6.71. The van der Waals surface area contributed by atoms with Gasteiger partial charge in [0.05, 0.1) is 0 Å². The van der Waals surface area contributed by atoms with Gasteiger partial charge in [0.15, 0.2) is 0 Å². The van der Waals surface area contributed by atoms with Crippen molar-refractivity contribution in [1.29, 1.82) is 0 Å². The van der Waals surface area contributed by atoms with Gasteiger partial charge in [-0.05, 0) is 0 Å². The first kappa shape index (κ1) is 14.1. The summed E-state index contributed by atoms with van der Waals surface area (Å²) in [6.45, 7) is -0.304. The van der Waals surface area contributed by atoms with Crippen molar-refractivity contribution in [2.75, 3.05) is 13.2 Å². The monoisotopic (exact) mass is 282 g/mol. The van der Waals surface area contributed by atoms with Crippen LogP contribution in [0.5, 0.6) is 0 Å². The molecule has 0 aromatic carbocycles. The first-order valence-electron chi connectivity index (χ1n) is 3.34. The molecule has 14 heavy (non-hydrogen) atoms. The highest BCUT2D eigenvalue weighted by Gasteiger charge is 2.15. The maximum atomic E-state index is 10.6. The van der Waals surface area contributed by atoms with E-state index >= 15 is 0 Å². The first-order valence-corrected chi connectivity index (χ1v) is 5.09. The van der Waals surface area contributed by atoms with Gasteiger partial charge in [0.25, 0.3) is 0 Å². The molecule has 0 fully saturated rings. The largest absolute Gasteiger partial charge is 0.460 e. The summed E-state index contributed by atoms with van der Waals surface area (Å²) >= 11 is 20.6. The molecule has 0 atom stereocenters. The van der Waals surface area contributed by atoms with Crippen LogP contribution in [0.1, 0.15) is 0 Å². The van der Waals surface area contributed by atoms with Gasteiger partial charge >= 0.3 is 11.9 Å². The maximum absolute atomic E-state index is 10.6. The van der Waals surface area contributed by atoms with Crippen LogP contribution in [0.15, 0.2) is 0 Å². The highest BCUT2D eigenvalue weighted by atomic mass is 35.5. The fraction of sp³-hybridized carbons (Fsp3) is 0.667. The zero-order chi connectivity index (χ0) is 11.1. The molecule has 0 aliphatic rings. The van der Waals surface area contributed by atoms with E-state index in [1.165, 1.54) is 0 Å². The second kappa shape index (κ2) is 7.40. The van der Waals surface area contributed by atoms with Crippen LogP contribution in [0.2, 0.25) is 0 Å². The predicted octanol–water partition coefficient (Wildman–Crippen LogP) is 1.68.